The summed E-state index contributed by atoms with van der Waals surface area (Å²) < 4.78 is 39.6. The van der Waals surface area contributed by atoms with Crippen molar-refractivity contribution in [2.75, 3.05) is 35.2 Å². The van der Waals surface area contributed by atoms with E-state index < -0.39 is 21.8 Å². The van der Waals surface area contributed by atoms with Gasteiger partial charge in [-0.05, 0) is 36.7 Å². The minimum Gasteiger partial charge on any atom is -0.478 e. The lowest BCUT2D eigenvalue weighted by Gasteiger charge is -2.15. The number of nitrogens with zero attached hydrogens (tertiary/aromatic N) is 5. The fourth-order valence-corrected chi connectivity index (χ4v) is 4.34. The Morgan fingerprint density at radius 3 is 2.70 bits per heavy atom. The fourth-order valence-electron chi connectivity index (χ4n) is 3.00. The lowest BCUT2D eigenvalue weighted by Crippen LogP contribution is -2.17. The van der Waals surface area contributed by atoms with Crippen LogP contribution in [-0.4, -0.2) is 63.3 Å². The molecule has 3 aromatic rings. The second-order valence-corrected chi connectivity index (χ2v) is 10.2. The van der Waals surface area contributed by atoms with Crippen LogP contribution in [0.2, 0.25) is 0 Å². The molecule has 0 atom stereocenters. The quantitative estimate of drug-likeness (QED) is 0.0493. The zero-order valence-corrected chi connectivity index (χ0v) is 21.4. The summed E-state index contributed by atoms with van der Waals surface area (Å²) in [6, 6.07) is 6.42. The van der Waals surface area contributed by atoms with Crippen LogP contribution in [0.3, 0.4) is 0 Å². The van der Waals surface area contributed by atoms with E-state index in [4.69, 9.17) is 9.81 Å². The highest BCUT2D eigenvalue weighted by Crippen LogP contribution is 2.37. The number of anilines is 2. The van der Waals surface area contributed by atoms with Crippen LogP contribution in [0.15, 0.2) is 28.4 Å². The van der Waals surface area contributed by atoms with Crippen LogP contribution in [0.25, 0.3) is 10.9 Å². The van der Waals surface area contributed by atoms with E-state index >= 15 is 0 Å². The summed E-state index contributed by atoms with van der Waals surface area (Å²) in [5.41, 5.74) is 1.22. The lowest BCUT2D eigenvalue weighted by molar-refractivity contribution is -0.432. The summed E-state index contributed by atoms with van der Waals surface area (Å²) in [6.07, 6.45) is 0. The van der Waals surface area contributed by atoms with Crippen LogP contribution in [0, 0.1) is 18.3 Å². The first-order valence-corrected chi connectivity index (χ1v) is 13.5. The molecule has 2 heterocycles. The van der Waals surface area contributed by atoms with E-state index in [2.05, 4.69) is 39.6 Å². The number of nitrogens with one attached hydrogen (secondary N) is 2. The van der Waals surface area contributed by atoms with E-state index in [1.807, 2.05) is 6.07 Å². The number of hydrogen-bond donors (Lipinski definition) is 5. The molecule has 3 rings (SSSR count). The second kappa shape index (κ2) is 12.7. The zero-order chi connectivity index (χ0) is 27.0. The van der Waals surface area contributed by atoms with E-state index in [-0.39, 0.29) is 41.5 Å². The molecular weight excluding hydrogens is 550 g/mol. The van der Waals surface area contributed by atoms with Crippen LogP contribution in [0.4, 0.5) is 22.3 Å². The van der Waals surface area contributed by atoms with Gasteiger partial charge in [0.25, 0.3) is 10.1 Å². The molecule has 0 aliphatic carbocycles. The average Bonchev–Trinajstić information content (AvgIpc) is 3.25. The van der Waals surface area contributed by atoms with Gasteiger partial charge in [-0.1, -0.05) is 5.04 Å². The van der Waals surface area contributed by atoms with E-state index in [1.54, 1.807) is 13.0 Å². The molecule has 0 unspecified atom stereocenters. The maximum absolute atomic E-state index is 11.3. The predicted molar refractivity (Wildman–Crippen MR) is 135 cm³/mol. The average molecular weight is 570 g/mol. The molecule has 0 aliphatic heterocycles. The Bertz CT molecular complexity index is 1470. The molecule has 0 saturated heterocycles. The van der Waals surface area contributed by atoms with Crippen molar-refractivity contribution in [2.45, 2.75) is 6.92 Å². The summed E-state index contributed by atoms with van der Waals surface area (Å²) in [6.45, 7) is 1.62. The van der Waals surface area contributed by atoms with Crippen LogP contribution in [0.1, 0.15) is 21.5 Å². The summed E-state index contributed by atoms with van der Waals surface area (Å²) in [5.74, 6) is -1.18. The number of hydrogen-bond acceptors (Lipinski definition) is 15. The first kappa shape index (κ1) is 28.1. The molecule has 0 aliphatic rings. The van der Waals surface area contributed by atoms with Gasteiger partial charge in [0.15, 0.2) is 10.8 Å². The van der Waals surface area contributed by atoms with Gasteiger partial charge in [-0.3, -0.25) is 4.55 Å². The smallest absolute Gasteiger partial charge is 0.335 e. The number of benzene rings is 1. The molecule has 0 radical (unpaired) electrons. The van der Waals surface area contributed by atoms with E-state index in [1.165, 1.54) is 12.1 Å². The maximum Gasteiger partial charge on any atom is 0.335 e. The van der Waals surface area contributed by atoms with Crippen molar-refractivity contribution in [1.29, 1.82) is 5.26 Å². The van der Waals surface area contributed by atoms with Crippen molar-refractivity contribution in [2.24, 2.45) is 10.2 Å². The number of aromatic carboxylic acids is 1. The highest BCUT2D eigenvalue weighted by atomic mass is 32.2. The molecule has 18 heteroatoms. The third kappa shape index (κ3) is 7.53. The first-order chi connectivity index (χ1) is 17.6. The number of carboxylic acids is 1. The SMILES string of the molecule is Cc1c(C#N)c(NCCS(=O)(=O)O)nc(NCCSOOO)c1/N=N/c1snc2ccc(C(=O)O)cc12. The van der Waals surface area contributed by atoms with Crippen molar-refractivity contribution in [1.82, 2.24) is 9.36 Å². The van der Waals surface area contributed by atoms with Gasteiger partial charge in [0, 0.05) is 41.8 Å². The van der Waals surface area contributed by atoms with Gasteiger partial charge in [-0.25, -0.2) is 15.0 Å². The summed E-state index contributed by atoms with van der Waals surface area (Å²) in [4.78, 5) is 15.7. The minimum atomic E-state index is -4.24. The van der Waals surface area contributed by atoms with Crippen molar-refractivity contribution < 1.29 is 37.5 Å². The summed E-state index contributed by atoms with van der Waals surface area (Å²) >= 11 is 1.80. The van der Waals surface area contributed by atoms with Crippen molar-refractivity contribution in [3.8, 4) is 6.07 Å². The minimum absolute atomic E-state index is 0.0574. The number of pyridine rings is 1. The largest absolute Gasteiger partial charge is 0.478 e. The number of nitriles is 1. The van der Waals surface area contributed by atoms with Gasteiger partial charge in [0.1, 0.15) is 17.6 Å². The third-order valence-electron chi connectivity index (χ3n) is 4.68. The van der Waals surface area contributed by atoms with Gasteiger partial charge in [-0.2, -0.15) is 18.1 Å². The lowest BCUT2D eigenvalue weighted by atomic mass is 10.1. The standard InChI is InChI=1S/C19H19N7O8S3/c1-10-13(9-20)16(22-5-7-37(30,31)32)23-17(21-4-6-35-34-33-29)15(10)24-25-18-12-8-11(19(27)28)2-3-14(12)26-36-18/h2-3,8,29H,4-7H2,1H3,(H,27,28)(H2,21,22,23)(H,30,31,32)/b25-24+. The molecule has 0 bridgehead atoms. The van der Waals surface area contributed by atoms with Crippen LogP contribution in [0.5, 0.6) is 0 Å². The Labute approximate surface area is 218 Å². The molecule has 15 nitrogen and oxygen atoms in total. The van der Waals surface area contributed by atoms with Crippen molar-refractivity contribution in [3.05, 3.63) is 34.9 Å². The molecular formula is C19H19N7O8S3. The molecule has 37 heavy (non-hydrogen) atoms. The summed E-state index contributed by atoms with van der Waals surface area (Å²) in [7, 11) is -4.24. The molecule has 0 amide bonds. The third-order valence-corrected chi connectivity index (χ3v) is 6.69. The van der Waals surface area contributed by atoms with E-state index in [0.29, 0.717) is 27.2 Å². The number of carboxylic acid groups (broad SMARTS) is 1. The number of azo groups is 1. The highest BCUT2D eigenvalue weighted by molar-refractivity contribution is 7.94. The van der Waals surface area contributed by atoms with Gasteiger partial charge in [-0.15, -0.1) is 14.6 Å². The van der Waals surface area contributed by atoms with Crippen LogP contribution >= 0.6 is 23.6 Å². The number of carbonyl (C=O) groups is 1. The summed E-state index contributed by atoms with van der Waals surface area (Å²) in [5, 5.41) is 45.8. The van der Waals surface area contributed by atoms with Gasteiger partial charge in [0.2, 0.25) is 0 Å². The topological polar surface area (TPSA) is 229 Å². The van der Waals surface area contributed by atoms with Gasteiger partial charge >= 0.3 is 5.97 Å². The van der Waals surface area contributed by atoms with Crippen molar-refractivity contribution in [3.63, 3.8) is 0 Å². The Kier molecular flexibility index (Phi) is 9.65. The number of fused-ring (bicyclic) bond motifs is 1. The Morgan fingerprint density at radius 2 is 2.03 bits per heavy atom. The molecule has 5 N–H and O–H groups in total. The molecule has 196 valence electrons. The predicted octanol–water partition coefficient (Wildman–Crippen LogP) is 3.77. The van der Waals surface area contributed by atoms with E-state index in [9.17, 15) is 23.6 Å². The second-order valence-electron chi connectivity index (χ2n) is 7.10. The van der Waals surface area contributed by atoms with Crippen LogP contribution in [-0.2, 0) is 19.5 Å². The Morgan fingerprint density at radius 1 is 1.27 bits per heavy atom. The van der Waals surface area contributed by atoms with Gasteiger partial charge in [0.05, 0.1) is 22.4 Å². The molecule has 1 aromatic carbocycles. The molecule has 0 saturated carbocycles. The Balaban J connectivity index is 1.99. The normalized spacial score (nSPS) is 11.6. The van der Waals surface area contributed by atoms with E-state index in [0.717, 1.165) is 23.6 Å². The van der Waals surface area contributed by atoms with Crippen LogP contribution < -0.4 is 10.6 Å². The molecule has 0 fully saturated rings. The van der Waals surface area contributed by atoms with Crippen molar-refractivity contribution >= 4 is 72.9 Å². The highest BCUT2D eigenvalue weighted by Gasteiger charge is 2.18. The number of aromatic nitrogens is 2. The number of rotatable bonds is 13. The maximum atomic E-state index is 11.3. The van der Waals surface area contributed by atoms with Gasteiger partial charge < -0.3 is 15.7 Å². The zero-order valence-electron chi connectivity index (χ0n) is 18.9. The molecule has 2 aromatic heterocycles. The Hall–Kier alpha value is -3.44. The fraction of sp³-hybridized carbons (Fsp3) is 0.263. The monoisotopic (exact) mass is 569 g/mol. The first-order valence-electron chi connectivity index (χ1n) is 10.2. The molecule has 0 spiro atoms.